The Morgan fingerprint density at radius 3 is 1.81 bits per heavy atom. The molecule has 0 bridgehead atoms. The van der Waals surface area contributed by atoms with Crippen LogP contribution in [0.1, 0.15) is 61.1 Å². The lowest BCUT2D eigenvalue weighted by Gasteiger charge is -2.32. The van der Waals surface area contributed by atoms with Crippen molar-refractivity contribution in [2.75, 3.05) is 13.1 Å². The zero-order valence-corrected chi connectivity index (χ0v) is 24.3. The van der Waals surface area contributed by atoms with Gasteiger partial charge in [0.25, 0.3) is 0 Å². The van der Waals surface area contributed by atoms with Gasteiger partial charge < -0.3 is 20.4 Å². The molecule has 0 aliphatic heterocycles. The zero-order valence-electron chi connectivity index (χ0n) is 24.3. The van der Waals surface area contributed by atoms with Crippen molar-refractivity contribution in [3.63, 3.8) is 0 Å². The van der Waals surface area contributed by atoms with Gasteiger partial charge in [0.05, 0.1) is 18.3 Å². The van der Waals surface area contributed by atoms with Crippen molar-refractivity contribution in [1.29, 1.82) is 0 Å². The van der Waals surface area contributed by atoms with E-state index in [1.165, 1.54) is 4.90 Å². The highest BCUT2D eigenvalue weighted by atomic mass is 16.4. The Bertz CT molecular complexity index is 1310. The van der Waals surface area contributed by atoms with Crippen LogP contribution in [0.3, 0.4) is 0 Å². The minimum absolute atomic E-state index is 0.00714. The van der Waals surface area contributed by atoms with Crippen LogP contribution in [0, 0.1) is 11.8 Å². The number of nitrogens with zero attached hydrogens (tertiary/aromatic N) is 1. The van der Waals surface area contributed by atoms with E-state index in [0.29, 0.717) is 19.3 Å². The Balaban J connectivity index is 1.59. The number of carbonyl (C=O) groups is 4. The van der Waals surface area contributed by atoms with Crippen molar-refractivity contribution < 1.29 is 29.4 Å². The number of aliphatic carboxylic acids is 2. The van der Waals surface area contributed by atoms with E-state index in [4.69, 9.17) is 0 Å². The highest BCUT2D eigenvalue weighted by molar-refractivity contribution is 5.91. The van der Waals surface area contributed by atoms with Crippen LogP contribution >= 0.6 is 0 Å². The maximum atomic E-state index is 14.2. The van der Waals surface area contributed by atoms with Crippen LogP contribution in [-0.4, -0.2) is 58.0 Å². The molecule has 0 unspecified atom stereocenters. The number of carbonyl (C=O) groups excluding carboxylic acids is 2. The van der Waals surface area contributed by atoms with Crippen molar-refractivity contribution in [3.8, 4) is 0 Å². The normalized spacial score (nSPS) is 17.1. The first kappa shape index (κ1) is 31.5. The van der Waals surface area contributed by atoms with Crippen LogP contribution in [0.4, 0.5) is 0 Å². The summed E-state index contributed by atoms with van der Waals surface area (Å²) in [4.78, 5) is 52.7. The molecule has 8 heteroatoms. The molecule has 3 N–H and O–H groups in total. The van der Waals surface area contributed by atoms with E-state index in [0.717, 1.165) is 29.5 Å². The number of carboxylic acid groups (broad SMARTS) is 2. The summed E-state index contributed by atoms with van der Waals surface area (Å²) in [6, 6.07) is 28.3. The minimum atomic E-state index is -1.02. The Hall–Kier alpha value is -4.46. The van der Waals surface area contributed by atoms with Gasteiger partial charge >= 0.3 is 11.9 Å². The molecular formula is C35H40N2O6. The molecule has 0 heterocycles. The summed E-state index contributed by atoms with van der Waals surface area (Å²) < 4.78 is 0. The highest BCUT2D eigenvalue weighted by Gasteiger charge is 2.38. The van der Waals surface area contributed by atoms with Gasteiger partial charge in [0.15, 0.2) is 0 Å². The van der Waals surface area contributed by atoms with E-state index in [1.54, 1.807) is 0 Å². The second kappa shape index (κ2) is 15.7. The summed E-state index contributed by atoms with van der Waals surface area (Å²) in [6.45, 7) is 0.274. The maximum absolute atomic E-state index is 14.2. The third kappa shape index (κ3) is 9.01. The van der Waals surface area contributed by atoms with E-state index in [-0.39, 0.29) is 37.8 Å². The molecule has 3 atom stereocenters. The van der Waals surface area contributed by atoms with Crippen molar-refractivity contribution in [2.45, 2.75) is 56.9 Å². The van der Waals surface area contributed by atoms with Crippen molar-refractivity contribution in [2.24, 2.45) is 11.8 Å². The van der Waals surface area contributed by atoms with Gasteiger partial charge in [0.2, 0.25) is 11.8 Å². The van der Waals surface area contributed by atoms with E-state index in [1.807, 2.05) is 91.0 Å². The van der Waals surface area contributed by atoms with Gasteiger partial charge in [-0.2, -0.15) is 0 Å². The van der Waals surface area contributed by atoms with Crippen LogP contribution in [0.5, 0.6) is 0 Å². The molecule has 3 aromatic carbocycles. The SMILES string of the molecule is O=C(O)CCN(CCC(c1ccccc1)c1ccccc1)C(=O)[C@H](Cc1ccccc1)NC(=O)[C@@H]1CCCC[C@H]1C(=O)O. The van der Waals surface area contributed by atoms with Crippen LogP contribution in [0.2, 0.25) is 0 Å². The fourth-order valence-electron chi connectivity index (χ4n) is 6.03. The van der Waals surface area contributed by atoms with Crippen molar-refractivity contribution in [1.82, 2.24) is 10.2 Å². The molecule has 2 amide bonds. The summed E-state index contributed by atoms with van der Waals surface area (Å²) in [5.74, 6) is -4.36. The van der Waals surface area contributed by atoms with Gasteiger partial charge in [-0.25, -0.2) is 0 Å². The molecule has 3 aromatic rings. The zero-order chi connectivity index (χ0) is 30.6. The average molecular weight is 585 g/mol. The number of nitrogens with one attached hydrogen (secondary N) is 1. The van der Waals surface area contributed by atoms with E-state index in [9.17, 15) is 29.4 Å². The van der Waals surface area contributed by atoms with Crippen LogP contribution < -0.4 is 5.32 Å². The van der Waals surface area contributed by atoms with Gasteiger partial charge in [-0.3, -0.25) is 19.2 Å². The monoisotopic (exact) mass is 584 g/mol. The quantitative estimate of drug-likeness (QED) is 0.241. The Morgan fingerprint density at radius 1 is 0.744 bits per heavy atom. The maximum Gasteiger partial charge on any atom is 0.307 e. The summed E-state index contributed by atoms with van der Waals surface area (Å²) >= 11 is 0. The summed E-state index contributed by atoms with van der Waals surface area (Å²) in [7, 11) is 0. The van der Waals surface area contributed by atoms with Gasteiger partial charge in [0, 0.05) is 25.4 Å². The number of amides is 2. The van der Waals surface area contributed by atoms with Crippen LogP contribution in [-0.2, 0) is 25.6 Å². The number of rotatable bonds is 14. The smallest absolute Gasteiger partial charge is 0.307 e. The van der Waals surface area contributed by atoms with Crippen LogP contribution in [0.25, 0.3) is 0 Å². The lowest BCUT2D eigenvalue weighted by molar-refractivity contribution is -0.149. The first-order valence-electron chi connectivity index (χ1n) is 15.0. The van der Waals surface area contributed by atoms with Crippen molar-refractivity contribution >= 4 is 23.8 Å². The fourth-order valence-corrected chi connectivity index (χ4v) is 6.03. The van der Waals surface area contributed by atoms with Gasteiger partial charge in [-0.15, -0.1) is 0 Å². The molecule has 8 nitrogen and oxygen atoms in total. The second-order valence-electron chi connectivity index (χ2n) is 11.2. The molecule has 43 heavy (non-hydrogen) atoms. The Kier molecular flexibility index (Phi) is 11.5. The molecule has 4 rings (SSSR count). The van der Waals surface area contributed by atoms with E-state index < -0.39 is 35.7 Å². The second-order valence-corrected chi connectivity index (χ2v) is 11.2. The largest absolute Gasteiger partial charge is 0.481 e. The third-order valence-electron chi connectivity index (χ3n) is 8.32. The Morgan fingerprint density at radius 2 is 1.28 bits per heavy atom. The number of hydrogen-bond donors (Lipinski definition) is 3. The summed E-state index contributed by atoms with van der Waals surface area (Å²) in [5, 5.41) is 22.1. The van der Waals surface area contributed by atoms with Gasteiger partial charge in [0.1, 0.15) is 6.04 Å². The summed E-state index contributed by atoms with van der Waals surface area (Å²) in [5.41, 5.74) is 3.01. The molecule has 1 saturated carbocycles. The molecule has 0 saturated heterocycles. The molecule has 0 spiro atoms. The number of carboxylic acids is 2. The average Bonchev–Trinajstić information content (AvgIpc) is 3.03. The highest BCUT2D eigenvalue weighted by Crippen LogP contribution is 2.31. The third-order valence-corrected chi connectivity index (χ3v) is 8.32. The lowest BCUT2D eigenvalue weighted by Crippen LogP contribution is -2.53. The molecule has 226 valence electrons. The lowest BCUT2D eigenvalue weighted by atomic mass is 9.78. The first-order valence-corrected chi connectivity index (χ1v) is 15.0. The predicted octanol–water partition coefficient (Wildman–Crippen LogP) is 5.13. The van der Waals surface area contributed by atoms with E-state index in [2.05, 4.69) is 5.32 Å². The number of hydrogen-bond acceptors (Lipinski definition) is 4. The Labute approximate surface area is 252 Å². The molecule has 1 fully saturated rings. The van der Waals surface area contributed by atoms with Gasteiger partial charge in [-0.05, 0) is 36.0 Å². The number of benzene rings is 3. The predicted molar refractivity (Wildman–Crippen MR) is 163 cm³/mol. The topological polar surface area (TPSA) is 124 Å². The van der Waals surface area contributed by atoms with Gasteiger partial charge in [-0.1, -0.05) is 104 Å². The van der Waals surface area contributed by atoms with Crippen molar-refractivity contribution in [3.05, 3.63) is 108 Å². The standard InChI is InChI=1S/C35H40N2O6/c38-32(39)21-23-37(22-20-28(26-14-6-2-7-15-26)27-16-8-3-9-17-27)34(41)31(24-25-12-4-1-5-13-25)36-33(40)29-18-10-11-19-30(29)35(42)43/h1-9,12-17,28-31H,10-11,18-24H2,(H,36,40)(H,38,39)(H,42,43)/t29-,30-,31+/m1/s1. The molecule has 1 aliphatic rings. The molecular weight excluding hydrogens is 544 g/mol. The molecule has 0 aromatic heterocycles. The van der Waals surface area contributed by atoms with E-state index >= 15 is 0 Å². The summed E-state index contributed by atoms with van der Waals surface area (Å²) in [6.07, 6.45) is 2.91. The van der Waals surface area contributed by atoms with Crippen LogP contribution in [0.15, 0.2) is 91.0 Å². The molecule has 0 radical (unpaired) electrons. The molecule has 1 aliphatic carbocycles. The minimum Gasteiger partial charge on any atom is -0.481 e. The first-order chi connectivity index (χ1) is 20.8. The fraction of sp³-hybridized carbons (Fsp3) is 0.371.